The van der Waals surface area contributed by atoms with E-state index < -0.39 is 0 Å². The Morgan fingerprint density at radius 3 is 2.48 bits per heavy atom. The van der Waals surface area contributed by atoms with Gasteiger partial charge in [-0.2, -0.15) is 0 Å². The number of nitrogens with zero attached hydrogens (tertiary/aromatic N) is 2. The van der Waals surface area contributed by atoms with E-state index in [1.165, 1.54) is 0 Å². The predicted octanol–water partition coefficient (Wildman–Crippen LogP) is 5.22. The van der Waals surface area contributed by atoms with Crippen molar-refractivity contribution in [3.63, 3.8) is 0 Å². The molecule has 0 bridgehead atoms. The van der Waals surface area contributed by atoms with Gasteiger partial charge in [-0.3, -0.25) is 9.78 Å². The zero-order valence-electron chi connectivity index (χ0n) is 15.6. The minimum Gasteiger partial charge on any atom is -0.341 e. The molecule has 1 amide bonds. The molecule has 138 valence electrons. The highest BCUT2D eigenvalue weighted by atomic mass is 35.5. The van der Waals surface area contributed by atoms with Crippen LogP contribution in [0.2, 0.25) is 5.02 Å². The number of halogens is 1. The molecule has 0 saturated heterocycles. The molecule has 1 atom stereocenters. The predicted molar refractivity (Wildman–Crippen MR) is 110 cm³/mol. The van der Waals surface area contributed by atoms with Crippen molar-refractivity contribution in [2.75, 3.05) is 7.05 Å². The lowest BCUT2D eigenvalue weighted by atomic mass is 9.88. The lowest BCUT2D eigenvalue weighted by Crippen LogP contribution is -2.28. The van der Waals surface area contributed by atoms with Gasteiger partial charge in [0.1, 0.15) is 0 Å². The van der Waals surface area contributed by atoms with E-state index in [0.717, 1.165) is 22.3 Å². The summed E-state index contributed by atoms with van der Waals surface area (Å²) in [6, 6.07) is 19.8. The van der Waals surface area contributed by atoms with E-state index in [0.29, 0.717) is 18.0 Å². The number of hydrogen-bond acceptors (Lipinski definition) is 2. The number of carbonyl (C=O) groups is 1. The molecule has 0 saturated carbocycles. The van der Waals surface area contributed by atoms with Gasteiger partial charge in [0, 0.05) is 43.3 Å². The molecular formula is C23H23ClN2O. The summed E-state index contributed by atoms with van der Waals surface area (Å²) in [4.78, 5) is 18.9. The van der Waals surface area contributed by atoms with E-state index in [4.69, 9.17) is 11.6 Å². The zero-order chi connectivity index (χ0) is 19.2. The number of pyridine rings is 1. The highest BCUT2D eigenvalue weighted by Crippen LogP contribution is 2.33. The Bertz CT molecular complexity index is 911. The van der Waals surface area contributed by atoms with Crippen LogP contribution in [-0.4, -0.2) is 22.8 Å². The highest BCUT2D eigenvalue weighted by Gasteiger charge is 2.22. The van der Waals surface area contributed by atoms with Crippen LogP contribution in [0.15, 0.2) is 73.1 Å². The van der Waals surface area contributed by atoms with Gasteiger partial charge in [0.2, 0.25) is 5.91 Å². The van der Waals surface area contributed by atoms with E-state index in [1.807, 2.05) is 80.8 Å². The molecule has 2 aromatic carbocycles. The summed E-state index contributed by atoms with van der Waals surface area (Å²) in [5.74, 6) is 0.00775. The van der Waals surface area contributed by atoms with Crippen molar-refractivity contribution in [3.05, 3.63) is 100 Å². The Balaban J connectivity index is 1.83. The first-order valence-corrected chi connectivity index (χ1v) is 9.37. The van der Waals surface area contributed by atoms with E-state index in [9.17, 15) is 4.79 Å². The number of carbonyl (C=O) groups excluding carboxylic acids is 1. The Kier molecular flexibility index (Phi) is 6.25. The third kappa shape index (κ3) is 4.75. The summed E-state index contributed by atoms with van der Waals surface area (Å²) in [5.41, 5.74) is 4.26. The number of aryl methyl sites for hydroxylation is 1. The molecule has 4 heteroatoms. The molecule has 27 heavy (non-hydrogen) atoms. The summed E-state index contributed by atoms with van der Waals surface area (Å²) in [6.45, 7) is 2.58. The molecule has 0 aliphatic carbocycles. The fourth-order valence-electron chi connectivity index (χ4n) is 3.20. The SMILES string of the molecule is Cc1cnccc1CN(C)C(=O)C[C@H](c1ccccc1)c1ccccc1Cl. The quantitative estimate of drug-likeness (QED) is 0.588. The molecule has 0 N–H and O–H groups in total. The van der Waals surface area contributed by atoms with E-state index in [2.05, 4.69) is 4.98 Å². The van der Waals surface area contributed by atoms with Crippen molar-refractivity contribution in [1.82, 2.24) is 9.88 Å². The largest absolute Gasteiger partial charge is 0.341 e. The van der Waals surface area contributed by atoms with Crippen molar-refractivity contribution in [3.8, 4) is 0 Å². The van der Waals surface area contributed by atoms with Crippen molar-refractivity contribution in [1.29, 1.82) is 0 Å². The van der Waals surface area contributed by atoms with E-state index >= 15 is 0 Å². The van der Waals surface area contributed by atoms with Gasteiger partial charge in [-0.15, -0.1) is 0 Å². The van der Waals surface area contributed by atoms with Gasteiger partial charge in [0.05, 0.1) is 0 Å². The average molecular weight is 379 g/mol. The smallest absolute Gasteiger partial charge is 0.223 e. The van der Waals surface area contributed by atoms with Crippen LogP contribution >= 0.6 is 11.6 Å². The van der Waals surface area contributed by atoms with Crippen molar-refractivity contribution in [2.45, 2.75) is 25.8 Å². The zero-order valence-corrected chi connectivity index (χ0v) is 16.4. The van der Waals surface area contributed by atoms with Crippen molar-refractivity contribution < 1.29 is 4.79 Å². The topological polar surface area (TPSA) is 33.2 Å². The van der Waals surface area contributed by atoms with Gasteiger partial charge in [-0.1, -0.05) is 60.1 Å². The summed E-state index contributed by atoms with van der Waals surface area (Å²) < 4.78 is 0. The van der Waals surface area contributed by atoms with Gasteiger partial charge in [0.25, 0.3) is 0 Å². The third-order valence-corrected chi connectivity index (χ3v) is 5.18. The Hall–Kier alpha value is -2.65. The Labute approximate surface area is 165 Å². The molecule has 0 fully saturated rings. The van der Waals surface area contributed by atoms with Crippen LogP contribution in [-0.2, 0) is 11.3 Å². The highest BCUT2D eigenvalue weighted by molar-refractivity contribution is 6.31. The van der Waals surface area contributed by atoms with Crippen LogP contribution in [0, 0.1) is 6.92 Å². The maximum atomic E-state index is 13.0. The fourth-order valence-corrected chi connectivity index (χ4v) is 3.47. The first-order chi connectivity index (χ1) is 13.1. The summed E-state index contributed by atoms with van der Waals surface area (Å²) in [6.07, 6.45) is 3.95. The summed E-state index contributed by atoms with van der Waals surface area (Å²) in [7, 11) is 1.84. The molecule has 0 spiro atoms. The van der Waals surface area contributed by atoms with E-state index in [-0.39, 0.29) is 11.8 Å². The second kappa shape index (κ2) is 8.83. The molecule has 0 unspecified atom stereocenters. The second-order valence-electron chi connectivity index (χ2n) is 6.74. The minimum absolute atomic E-state index is 0.0756. The molecule has 0 radical (unpaired) electrons. The maximum Gasteiger partial charge on any atom is 0.223 e. The second-order valence-corrected chi connectivity index (χ2v) is 7.15. The first kappa shape index (κ1) is 19.1. The van der Waals surface area contributed by atoms with Crippen molar-refractivity contribution in [2.24, 2.45) is 0 Å². The Morgan fingerprint density at radius 2 is 1.78 bits per heavy atom. The lowest BCUT2D eigenvalue weighted by Gasteiger charge is -2.23. The molecule has 3 rings (SSSR count). The van der Waals surface area contributed by atoms with Gasteiger partial charge in [-0.25, -0.2) is 0 Å². The normalized spacial score (nSPS) is 11.8. The van der Waals surface area contributed by atoms with Crippen LogP contribution in [0.3, 0.4) is 0 Å². The number of aromatic nitrogens is 1. The number of amides is 1. The average Bonchev–Trinajstić information content (AvgIpc) is 2.69. The lowest BCUT2D eigenvalue weighted by molar-refractivity contribution is -0.130. The van der Waals surface area contributed by atoms with Crippen LogP contribution in [0.5, 0.6) is 0 Å². The van der Waals surface area contributed by atoms with Gasteiger partial charge < -0.3 is 4.90 Å². The van der Waals surface area contributed by atoms with Crippen LogP contribution < -0.4 is 0 Å². The van der Waals surface area contributed by atoms with E-state index in [1.54, 1.807) is 11.1 Å². The number of hydrogen-bond donors (Lipinski definition) is 0. The summed E-state index contributed by atoms with van der Waals surface area (Å²) >= 11 is 6.45. The summed E-state index contributed by atoms with van der Waals surface area (Å²) in [5, 5.41) is 0.687. The molecule has 0 aliphatic rings. The molecule has 1 aromatic heterocycles. The number of rotatable bonds is 6. The van der Waals surface area contributed by atoms with Gasteiger partial charge in [0.15, 0.2) is 0 Å². The molecular weight excluding hydrogens is 356 g/mol. The minimum atomic E-state index is -0.0756. The third-order valence-electron chi connectivity index (χ3n) is 4.83. The molecule has 3 aromatic rings. The van der Waals surface area contributed by atoms with Gasteiger partial charge in [-0.05, 0) is 41.3 Å². The van der Waals surface area contributed by atoms with Gasteiger partial charge >= 0.3 is 0 Å². The monoisotopic (exact) mass is 378 g/mol. The number of benzene rings is 2. The molecule has 1 heterocycles. The first-order valence-electron chi connectivity index (χ1n) is 8.99. The molecule has 3 nitrogen and oxygen atoms in total. The van der Waals surface area contributed by atoms with Crippen LogP contribution in [0.1, 0.15) is 34.6 Å². The Morgan fingerprint density at radius 1 is 1.07 bits per heavy atom. The van der Waals surface area contributed by atoms with Crippen LogP contribution in [0.25, 0.3) is 0 Å². The van der Waals surface area contributed by atoms with Crippen molar-refractivity contribution >= 4 is 17.5 Å². The van der Waals surface area contributed by atoms with Crippen LogP contribution in [0.4, 0.5) is 0 Å². The molecule has 0 aliphatic heterocycles. The standard InChI is InChI=1S/C23H23ClN2O/c1-17-15-25-13-12-19(17)16-26(2)23(27)14-21(18-8-4-3-5-9-18)20-10-6-7-11-22(20)24/h3-13,15,21H,14,16H2,1-2H3/t21-/m1/s1. The maximum absolute atomic E-state index is 13.0. The fraction of sp³-hybridized carbons (Fsp3) is 0.217.